The molecule has 0 saturated heterocycles. The summed E-state index contributed by atoms with van der Waals surface area (Å²) >= 11 is 0. The van der Waals surface area contributed by atoms with E-state index < -0.39 is 0 Å². The number of nitrogens with zero attached hydrogens (tertiary/aromatic N) is 1. The first-order valence-corrected chi connectivity index (χ1v) is 2.55. The second kappa shape index (κ2) is 3.19. The zero-order valence-electron chi connectivity index (χ0n) is 5.76. The van der Waals surface area contributed by atoms with Crippen molar-refractivity contribution in [2.75, 3.05) is 7.05 Å². The van der Waals surface area contributed by atoms with Gasteiger partial charge in [0.05, 0.1) is 6.92 Å². The van der Waals surface area contributed by atoms with Crippen LogP contribution in [0.15, 0.2) is 0 Å². The summed E-state index contributed by atoms with van der Waals surface area (Å²) in [7, 11) is 1.49. The Balaban J connectivity index is 3.63. The molecule has 0 bridgehead atoms. The molecular formula is C5H10N2O2+. The minimum Gasteiger partial charge on any atom is -0.270 e. The Bertz CT molecular complexity index is 133. The van der Waals surface area contributed by atoms with Gasteiger partial charge in [0.25, 0.3) is 5.91 Å². The van der Waals surface area contributed by atoms with E-state index >= 15 is 0 Å². The van der Waals surface area contributed by atoms with Crippen LogP contribution in [0.5, 0.6) is 0 Å². The van der Waals surface area contributed by atoms with Crippen molar-refractivity contribution in [3.05, 3.63) is 0 Å². The standard InChI is InChI=1S/C5H10N2O2/c1-4(8)6-7(3)5(2)9/h1-3H3,(H,6,8)/q+1. The average Bonchev–Trinajstić information content (AvgIpc) is 1.63. The molecular weight excluding hydrogens is 120 g/mol. The second-order valence-corrected chi connectivity index (χ2v) is 1.75. The van der Waals surface area contributed by atoms with Crippen molar-refractivity contribution in [1.82, 2.24) is 10.4 Å². The van der Waals surface area contributed by atoms with Gasteiger partial charge in [-0.25, -0.2) is 4.79 Å². The lowest BCUT2D eigenvalue weighted by atomic mass is 10.7. The number of amides is 2. The van der Waals surface area contributed by atoms with Crippen molar-refractivity contribution < 1.29 is 9.59 Å². The Morgan fingerprint density at radius 2 is 1.78 bits per heavy atom. The van der Waals surface area contributed by atoms with Gasteiger partial charge >= 0.3 is 5.91 Å². The van der Waals surface area contributed by atoms with Crippen molar-refractivity contribution >= 4 is 11.8 Å². The van der Waals surface area contributed by atoms with Gasteiger partial charge in [-0.1, -0.05) is 0 Å². The SMILES string of the molecule is CC(=O)N[N+](C)C(C)=O. The average molecular weight is 130 g/mol. The van der Waals surface area contributed by atoms with Crippen molar-refractivity contribution in [3.8, 4) is 0 Å². The fourth-order valence-electron chi connectivity index (χ4n) is 0.315. The number of rotatable bonds is 0. The summed E-state index contributed by atoms with van der Waals surface area (Å²) in [6, 6.07) is 0. The summed E-state index contributed by atoms with van der Waals surface area (Å²) in [4.78, 5) is 20.6. The Labute approximate surface area is 53.8 Å². The molecule has 1 radical (unpaired) electrons. The maximum absolute atomic E-state index is 10.4. The number of nitrogens with one attached hydrogen (secondary N) is 1. The first kappa shape index (κ1) is 8.10. The summed E-state index contributed by atoms with van der Waals surface area (Å²) in [5.41, 5.74) is 2.29. The van der Waals surface area contributed by atoms with Crippen LogP contribution in [0.4, 0.5) is 0 Å². The molecule has 0 atom stereocenters. The molecule has 0 saturated carbocycles. The van der Waals surface area contributed by atoms with Crippen LogP contribution in [0.3, 0.4) is 0 Å². The molecule has 0 spiro atoms. The van der Waals surface area contributed by atoms with Crippen LogP contribution in [-0.4, -0.2) is 18.9 Å². The second-order valence-electron chi connectivity index (χ2n) is 1.75. The molecule has 0 heterocycles. The van der Waals surface area contributed by atoms with E-state index in [1.54, 1.807) is 0 Å². The normalized spacial score (nSPS) is 9.33. The molecule has 0 aromatic carbocycles. The smallest absolute Gasteiger partial charge is 0.270 e. The third-order valence-electron chi connectivity index (χ3n) is 0.797. The molecule has 0 aromatic rings. The van der Waals surface area contributed by atoms with Gasteiger partial charge in [0.1, 0.15) is 7.05 Å². The van der Waals surface area contributed by atoms with E-state index in [4.69, 9.17) is 0 Å². The van der Waals surface area contributed by atoms with Gasteiger partial charge < -0.3 is 0 Å². The van der Waals surface area contributed by atoms with Crippen LogP contribution in [0, 0.1) is 0 Å². The number of hydrogen-bond acceptors (Lipinski definition) is 2. The van der Waals surface area contributed by atoms with Crippen molar-refractivity contribution in [1.29, 1.82) is 0 Å². The molecule has 0 aliphatic heterocycles. The minimum absolute atomic E-state index is 0.190. The van der Waals surface area contributed by atoms with E-state index in [0.29, 0.717) is 0 Å². The van der Waals surface area contributed by atoms with E-state index in [2.05, 4.69) is 5.43 Å². The lowest BCUT2D eigenvalue weighted by Crippen LogP contribution is -2.46. The van der Waals surface area contributed by atoms with Crippen LogP contribution >= 0.6 is 0 Å². The summed E-state index contributed by atoms with van der Waals surface area (Å²) in [6.45, 7) is 2.72. The third kappa shape index (κ3) is 3.66. The van der Waals surface area contributed by atoms with Crippen LogP contribution < -0.4 is 10.4 Å². The quantitative estimate of drug-likeness (QED) is 0.350. The summed E-state index contributed by atoms with van der Waals surface area (Å²) in [5, 5.41) is 1.13. The zero-order chi connectivity index (χ0) is 7.44. The molecule has 4 nitrogen and oxygen atoms in total. The third-order valence-corrected chi connectivity index (χ3v) is 0.797. The molecule has 0 aliphatic carbocycles. The summed E-state index contributed by atoms with van der Waals surface area (Å²) in [5.74, 6) is -0.432. The monoisotopic (exact) mass is 130 g/mol. The molecule has 0 rings (SSSR count). The van der Waals surface area contributed by atoms with Crippen molar-refractivity contribution in [2.45, 2.75) is 13.8 Å². The van der Waals surface area contributed by atoms with Gasteiger partial charge in [-0.3, -0.25) is 4.79 Å². The fourth-order valence-corrected chi connectivity index (χ4v) is 0.315. The number of carbonyl (C=O) groups is 2. The minimum atomic E-state index is -0.243. The van der Waals surface area contributed by atoms with Gasteiger partial charge in [0.2, 0.25) is 0 Å². The summed E-state index contributed by atoms with van der Waals surface area (Å²) in [6.07, 6.45) is 0. The predicted octanol–water partition coefficient (Wildman–Crippen LogP) is -0.646. The maximum Gasteiger partial charge on any atom is 0.385 e. The first-order valence-electron chi connectivity index (χ1n) is 2.55. The molecule has 9 heavy (non-hydrogen) atoms. The molecule has 0 aromatic heterocycles. The van der Waals surface area contributed by atoms with E-state index in [1.807, 2.05) is 0 Å². The number of carbonyl (C=O) groups excluding carboxylic acids is 2. The molecule has 0 aliphatic rings. The molecule has 1 N–H and O–H groups in total. The van der Waals surface area contributed by atoms with Gasteiger partial charge in [-0.2, -0.15) is 0 Å². The lowest BCUT2D eigenvalue weighted by Gasteiger charge is -1.97. The maximum atomic E-state index is 10.4. The van der Waals surface area contributed by atoms with E-state index in [0.717, 1.165) is 5.01 Å². The Morgan fingerprint density at radius 1 is 1.33 bits per heavy atom. The van der Waals surface area contributed by atoms with Crippen molar-refractivity contribution in [3.63, 3.8) is 0 Å². The molecule has 0 fully saturated rings. The zero-order valence-corrected chi connectivity index (χ0v) is 5.76. The van der Waals surface area contributed by atoms with E-state index in [1.165, 1.54) is 20.9 Å². The molecule has 0 unspecified atom stereocenters. The van der Waals surface area contributed by atoms with Gasteiger partial charge in [-0.15, -0.1) is 5.43 Å². The molecule has 4 heteroatoms. The van der Waals surface area contributed by atoms with E-state index in [9.17, 15) is 9.59 Å². The highest BCUT2D eigenvalue weighted by Crippen LogP contribution is 1.69. The van der Waals surface area contributed by atoms with Crippen LogP contribution in [-0.2, 0) is 9.59 Å². The highest BCUT2D eigenvalue weighted by Gasteiger charge is 2.15. The fraction of sp³-hybridized carbons (Fsp3) is 0.600. The van der Waals surface area contributed by atoms with E-state index in [-0.39, 0.29) is 11.8 Å². The Kier molecular flexibility index (Phi) is 2.87. The predicted molar refractivity (Wildman–Crippen MR) is 32.6 cm³/mol. The summed E-state index contributed by atoms with van der Waals surface area (Å²) < 4.78 is 0. The van der Waals surface area contributed by atoms with Crippen LogP contribution in [0.25, 0.3) is 0 Å². The number of hydrazine groups is 1. The van der Waals surface area contributed by atoms with Crippen LogP contribution in [0.2, 0.25) is 0 Å². The first-order chi connectivity index (χ1) is 4.04. The Hall–Kier alpha value is -0.900. The Morgan fingerprint density at radius 3 is 1.89 bits per heavy atom. The van der Waals surface area contributed by atoms with Gasteiger partial charge in [0, 0.05) is 11.9 Å². The highest BCUT2D eigenvalue weighted by atomic mass is 16.2. The molecule has 51 valence electrons. The van der Waals surface area contributed by atoms with Crippen molar-refractivity contribution in [2.24, 2.45) is 0 Å². The van der Waals surface area contributed by atoms with Crippen LogP contribution in [0.1, 0.15) is 13.8 Å². The van der Waals surface area contributed by atoms with Gasteiger partial charge in [-0.05, 0) is 0 Å². The topological polar surface area (TPSA) is 52.1 Å². The largest absolute Gasteiger partial charge is 0.385 e. The molecule has 2 amide bonds. The highest BCUT2D eigenvalue weighted by molar-refractivity contribution is 5.80. The van der Waals surface area contributed by atoms with Gasteiger partial charge in [0.15, 0.2) is 0 Å². The lowest BCUT2D eigenvalue weighted by molar-refractivity contribution is -0.131. The number of hydrogen-bond donors (Lipinski definition) is 1.